The average molecular weight is 166 g/mol. The predicted molar refractivity (Wildman–Crippen MR) is 52.5 cm³/mol. The number of hydrogen-bond acceptors (Lipinski definition) is 2. The van der Waals surface area contributed by atoms with Crippen molar-refractivity contribution in [3.8, 4) is 0 Å². The second kappa shape index (κ2) is 3.76. The monoisotopic (exact) mass is 166 g/mol. The first-order valence-electron chi connectivity index (χ1n) is 4.49. The quantitative estimate of drug-likeness (QED) is 0.641. The fraction of sp³-hybridized carbons (Fsp3) is 0.600. The second-order valence-corrected chi connectivity index (χ2v) is 3.61. The molecule has 0 aromatic heterocycles. The van der Waals surface area contributed by atoms with Crippen molar-refractivity contribution < 1.29 is 0 Å². The molecule has 1 aliphatic rings. The number of nitrogens with zero attached hydrogens (tertiary/aromatic N) is 1. The zero-order chi connectivity index (χ0) is 9.14. The maximum atomic E-state index is 3.34. The standard InChI is InChI=1S/C10H18N2/c1-8(2)10-6-5-7-11-12(10)9(3)4/h5-6,9,11H,7H2,1-4H3. The molecule has 0 unspecified atom stereocenters. The summed E-state index contributed by atoms with van der Waals surface area (Å²) in [7, 11) is 0. The highest BCUT2D eigenvalue weighted by Crippen LogP contribution is 2.15. The molecule has 0 fully saturated rings. The van der Waals surface area contributed by atoms with Gasteiger partial charge in [-0.25, -0.2) is 5.43 Å². The van der Waals surface area contributed by atoms with Crippen LogP contribution in [0.5, 0.6) is 0 Å². The van der Waals surface area contributed by atoms with Gasteiger partial charge in [0.15, 0.2) is 0 Å². The van der Waals surface area contributed by atoms with Crippen molar-refractivity contribution >= 4 is 0 Å². The van der Waals surface area contributed by atoms with Crippen LogP contribution in [0.4, 0.5) is 0 Å². The summed E-state index contributed by atoms with van der Waals surface area (Å²) >= 11 is 0. The lowest BCUT2D eigenvalue weighted by Gasteiger charge is -2.33. The van der Waals surface area contributed by atoms with Crippen LogP contribution in [-0.2, 0) is 0 Å². The van der Waals surface area contributed by atoms with Crippen LogP contribution in [0, 0.1) is 0 Å². The van der Waals surface area contributed by atoms with Crippen molar-refractivity contribution in [2.24, 2.45) is 0 Å². The molecule has 1 aliphatic heterocycles. The number of rotatable bonds is 1. The molecule has 0 atom stereocenters. The van der Waals surface area contributed by atoms with Gasteiger partial charge in [-0.05, 0) is 33.8 Å². The second-order valence-electron chi connectivity index (χ2n) is 3.61. The van der Waals surface area contributed by atoms with Gasteiger partial charge in [0.1, 0.15) is 0 Å². The molecule has 0 aromatic rings. The summed E-state index contributed by atoms with van der Waals surface area (Å²) in [5.41, 5.74) is 5.99. The molecule has 0 saturated heterocycles. The van der Waals surface area contributed by atoms with E-state index in [1.165, 1.54) is 11.3 Å². The van der Waals surface area contributed by atoms with E-state index in [9.17, 15) is 0 Å². The van der Waals surface area contributed by atoms with E-state index in [0.29, 0.717) is 6.04 Å². The van der Waals surface area contributed by atoms with E-state index in [0.717, 1.165) is 6.54 Å². The molecule has 1 rings (SSSR count). The molecule has 1 N–H and O–H groups in total. The number of hydrazine groups is 1. The van der Waals surface area contributed by atoms with Crippen molar-refractivity contribution in [1.82, 2.24) is 10.4 Å². The van der Waals surface area contributed by atoms with Gasteiger partial charge in [0.25, 0.3) is 0 Å². The highest BCUT2D eigenvalue weighted by Gasteiger charge is 2.13. The van der Waals surface area contributed by atoms with Crippen LogP contribution in [0.15, 0.2) is 23.4 Å². The van der Waals surface area contributed by atoms with Crippen LogP contribution < -0.4 is 5.43 Å². The van der Waals surface area contributed by atoms with Gasteiger partial charge in [0, 0.05) is 12.6 Å². The number of nitrogens with one attached hydrogen (secondary N) is 1. The predicted octanol–water partition coefficient (Wildman–Crippen LogP) is 2.07. The Morgan fingerprint density at radius 3 is 2.58 bits per heavy atom. The van der Waals surface area contributed by atoms with Gasteiger partial charge in [-0.1, -0.05) is 11.6 Å². The van der Waals surface area contributed by atoms with Gasteiger partial charge in [-0.2, -0.15) is 0 Å². The van der Waals surface area contributed by atoms with Crippen LogP contribution in [0.2, 0.25) is 0 Å². The summed E-state index contributed by atoms with van der Waals surface area (Å²) in [5.74, 6) is 0. The summed E-state index contributed by atoms with van der Waals surface area (Å²) in [5, 5.41) is 2.22. The highest BCUT2D eigenvalue weighted by molar-refractivity contribution is 5.24. The van der Waals surface area contributed by atoms with Gasteiger partial charge in [-0.3, -0.25) is 0 Å². The lowest BCUT2D eigenvalue weighted by atomic mass is 10.2. The third-order valence-electron chi connectivity index (χ3n) is 1.94. The van der Waals surface area contributed by atoms with Crippen molar-refractivity contribution in [3.05, 3.63) is 23.4 Å². The Morgan fingerprint density at radius 1 is 1.50 bits per heavy atom. The third-order valence-corrected chi connectivity index (χ3v) is 1.94. The number of allylic oxidation sites excluding steroid dienone is 2. The molecule has 0 saturated carbocycles. The van der Waals surface area contributed by atoms with Gasteiger partial charge < -0.3 is 5.01 Å². The fourth-order valence-electron chi connectivity index (χ4n) is 1.36. The topological polar surface area (TPSA) is 15.3 Å². The molecule has 1 heterocycles. The van der Waals surface area contributed by atoms with Crippen LogP contribution in [0.3, 0.4) is 0 Å². The largest absolute Gasteiger partial charge is 0.306 e. The van der Waals surface area contributed by atoms with Crippen LogP contribution >= 0.6 is 0 Å². The smallest absolute Gasteiger partial charge is 0.0506 e. The Hall–Kier alpha value is -0.760. The third kappa shape index (κ3) is 1.89. The molecule has 2 nitrogen and oxygen atoms in total. The summed E-state index contributed by atoms with van der Waals surface area (Å²) < 4.78 is 0. The molecule has 12 heavy (non-hydrogen) atoms. The molecular weight excluding hydrogens is 148 g/mol. The van der Waals surface area contributed by atoms with Gasteiger partial charge in [0.05, 0.1) is 5.70 Å². The minimum atomic E-state index is 0.514. The summed E-state index contributed by atoms with van der Waals surface area (Å²) in [6.45, 7) is 9.60. The van der Waals surface area contributed by atoms with E-state index >= 15 is 0 Å². The Bertz CT molecular complexity index is 210. The van der Waals surface area contributed by atoms with Crippen LogP contribution in [-0.4, -0.2) is 17.6 Å². The summed E-state index contributed by atoms with van der Waals surface area (Å²) in [4.78, 5) is 0. The fourth-order valence-corrected chi connectivity index (χ4v) is 1.36. The Morgan fingerprint density at radius 2 is 2.17 bits per heavy atom. The van der Waals surface area contributed by atoms with Crippen molar-refractivity contribution in [2.45, 2.75) is 33.7 Å². The first-order valence-corrected chi connectivity index (χ1v) is 4.49. The minimum Gasteiger partial charge on any atom is -0.306 e. The van der Waals surface area contributed by atoms with Crippen molar-refractivity contribution in [1.29, 1.82) is 0 Å². The minimum absolute atomic E-state index is 0.514. The first kappa shape index (κ1) is 9.33. The normalized spacial score (nSPS) is 17.4. The van der Waals surface area contributed by atoms with Gasteiger partial charge >= 0.3 is 0 Å². The molecular formula is C10H18N2. The first-order chi connectivity index (χ1) is 5.63. The van der Waals surface area contributed by atoms with E-state index in [2.05, 4.69) is 50.3 Å². The summed E-state index contributed by atoms with van der Waals surface area (Å²) in [6.07, 6.45) is 4.34. The van der Waals surface area contributed by atoms with Gasteiger partial charge in [-0.15, -0.1) is 0 Å². The Balaban J connectivity index is 2.87. The maximum absolute atomic E-state index is 3.34. The van der Waals surface area contributed by atoms with Crippen LogP contribution in [0.25, 0.3) is 0 Å². The highest BCUT2D eigenvalue weighted by atomic mass is 15.5. The van der Waals surface area contributed by atoms with E-state index in [4.69, 9.17) is 0 Å². The molecule has 0 amide bonds. The Kier molecular flexibility index (Phi) is 2.93. The van der Waals surface area contributed by atoms with E-state index in [1.54, 1.807) is 0 Å². The molecule has 0 radical (unpaired) electrons. The average Bonchev–Trinajstić information content (AvgIpc) is 2.04. The molecule has 0 bridgehead atoms. The van der Waals surface area contributed by atoms with Crippen molar-refractivity contribution in [2.75, 3.05) is 6.54 Å². The lowest BCUT2D eigenvalue weighted by Crippen LogP contribution is -2.44. The zero-order valence-electron chi connectivity index (χ0n) is 8.39. The summed E-state index contributed by atoms with van der Waals surface area (Å²) in [6, 6.07) is 0.514. The molecule has 0 spiro atoms. The van der Waals surface area contributed by atoms with E-state index in [1.807, 2.05) is 0 Å². The van der Waals surface area contributed by atoms with Crippen molar-refractivity contribution in [3.63, 3.8) is 0 Å². The Labute approximate surface area is 74.9 Å². The van der Waals surface area contributed by atoms with Gasteiger partial charge in [0.2, 0.25) is 0 Å². The van der Waals surface area contributed by atoms with Crippen LogP contribution in [0.1, 0.15) is 27.7 Å². The molecule has 68 valence electrons. The maximum Gasteiger partial charge on any atom is 0.0506 e. The number of hydrogen-bond donors (Lipinski definition) is 1. The molecule has 0 aliphatic carbocycles. The van der Waals surface area contributed by atoms with E-state index < -0.39 is 0 Å². The lowest BCUT2D eigenvalue weighted by molar-refractivity contribution is 0.205. The van der Waals surface area contributed by atoms with E-state index in [-0.39, 0.29) is 0 Å². The SMILES string of the molecule is CC(C)=C1C=CCNN1C(C)C. The molecule has 2 heteroatoms. The molecule has 0 aromatic carbocycles. The zero-order valence-corrected chi connectivity index (χ0v) is 8.39.